The van der Waals surface area contributed by atoms with E-state index in [2.05, 4.69) is 17.1 Å². The van der Waals surface area contributed by atoms with E-state index in [0.717, 1.165) is 25.7 Å². The minimum Gasteiger partial charge on any atom is -0.376 e. The number of aliphatic imine (C=N–C) groups is 1. The van der Waals surface area contributed by atoms with Crippen LogP contribution in [-0.4, -0.2) is 49.7 Å². The topological polar surface area (TPSA) is 36.9 Å². The van der Waals surface area contributed by atoms with Gasteiger partial charge in [-0.05, 0) is 44.4 Å². The maximum Gasteiger partial charge on any atom is 0.194 e. The summed E-state index contributed by atoms with van der Waals surface area (Å²) < 4.78 is 5.66. The Morgan fingerprint density at radius 1 is 1.35 bits per heavy atom. The second-order valence-electron chi connectivity index (χ2n) is 6.35. The zero-order valence-electron chi connectivity index (χ0n) is 12.6. The molecule has 20 heavy (non-hydrogen) atoms. The van der Waals surface area contributed by atoms with Crippen LogP contribution in [0.3, 0.4) is 0 Å². The second kappa shape index (κ2) is 7.29. The van der Waals surface area contributed by atoms with E-state index in [4.69, 9.17) is 9.73 Å². The van der Waals surface area contributed by atoms with Crippen LogP contribution in [0.25, 0.3) is 0 Å². The van der Waals surface area contributed by atoms with Crippen molar-refractivity contribution in [3.05, 3.63) is 0 Å². The van der Waals surface area contributed by atoms with Crippen LogP contribution in [0.15, 0.2) is 4.99 Å². The normalized spacial score (nSPS) is 28.4. The van der Waals surface area contributed by atoms with Gasteiger partial charge in [0.1, 0.15) is 0 Å². The molecule has 3 aliphatic rings. The molecule has 1 N–H and O–H groups in total. The van der Waals surface area contributed by atoms with Crippen molar-refractivity contribution in [2.75, 3.05) is 32.8 Å². The molecule has 4 nitrogen and oxygen atoms in total. The van der Waals surface area contributed by atoms with Crippen molar-refractivity contribution in [1.82, 2.24) is 10.2 Å². The fraction of sp³-hybridized carbons (Fsp3) is 0.933. The summed E-state index contributed by atoms with van der Waals surface area (Å²) in [4.78, 5) is 7.28. The smallest absolute Gasteiger partial charge is 0.194 e. The number of likely N-dealkylation sites (tertiary alicyclic amines) is 1. The summed E-state index contributed by atoms with van der Waals surface area (Å²) in [5.74, 6) is 1.11. The lowest BCUT2D eigenvalue weighted by molar-refractivity contribution is 0.117. The molecule has 0 bridgehead atoms. The van der Waals surface area contributed by atoms with Gasteiger partial charge in [0.2, 0.25) is 0 Å². The first kappa shape index (κ1) is 16.3. The molecular weight excluding hydrogens is 365 g/mol. The van der Waals surface area contributed by atoms with Gasteiger partial charge in [0.05, 0.1) is 12.6 Å². The molecule has 0 aromatic carbocycles. The SMILES string of the molecule is CCNC(=NCC1CCCO1)N1CCC2(CCC2)C1.I. The molecule has 1 saturated carbocycles. The maximum absolute atomic E-state index is 5.66. The van der Waals surface area contributed by atoms with Crippen molar-refractivity contribution < 1.29 is 4.74 Å². The number of rotatable bonds is 3. The van der Waals surface area contributed by atoms with Crippen molar-refractivity contribution in [1.29, 1.82) is 0 Å². The van der Waals surface area contributed by atoms with Crippen molar-refractivity contribution in [3.8, 4) is 0 Å². The van der Waals surface area contributed by atoms with E-state index in [1.807, 2.05) is 0 Å². The van der Waals surface area contributed by atoms with E-state index >= 15 is 0 Å². The van der Waals surface area contributed by atoms with Crippen molar-refractivity contribution >= 4 is 29.9 Å². The average Bonchev–Trinajstić information content (AvgIpc) is 3.02. The lowest BCUT2D eigenvalue weighted by Crippen LogP contribution is -2.43. The summed E-state index contributed by atoms with van der Waals surface area (Å²) in [6, 6.07) is 0. The summed E-state index contributed by atoms with van der Waals surface area (Å²) >= 11 is 0. The van der Waals surface area contributed by atoms with Crippen LogP contribution in [0.4, 0.5) is 0 Å². The quantitative estimate of drug-likeness (QED) is 0.455. The lowest BCUT2D eigenvalue weighted by Gasteiger charge is -2.38. The Morgan fingerprint density at radius 3 is 2.75 bits per heavy atom. The summed E-state index contributed by atoms with van der Waals surface area (Å²) in [6.45, 7) is 7.24. The fourth-order valence-corrected chi connectivity index (χ4v) is 3.60. The van der Waals surface area contributed by atoms with E-state index in [1.165, 1.54) is 51.6 Å². The molecule has 1 aliphatic carbocycles. The van der Waals surface area contributed by atoms with Gasteiger partial charge >= 0.3 is 0 Å². The Bertz CT molecular complexity index is 338. The van der Waals surface area contributed by atoms with Crippen LogP contribution in [0.2, 0.25) is 0 Å². The third kappa shape index (κ3) is 3.59. The molecule has 1 unspecified atom stereocenters. The number of guanidine groups is 1. The van der Waals surface area contributed by atoms with Crippen molar-refractivity contribution in [3.63, 3.8) is 0 Å². The molecule has 3 rings (SSSR count). The summed E-state index contributed by atoms with van der Waals surface area (Å²) in [5, 5.41) is 3.45. The Hall–Kier alpha value is -0.0400. The third-order valence-electron chi connectivity index (χ3n) is 4.96. The zero-order chi connectivity index (χ0) is 13.1. The number of ether oxygens (including phenoxy) is 1. The Morgan fingerprint density at radius 2 is 2.20 bits per heavy atom. The molecule has 2 heterocycles. The molecule has 3 fully saturated rings. The Kier molecular flexibility index (Phi) is 5.95. The first-order chi connectivity index (χ1) is 9.31. The molecule has 0 amide bonds. The summed E-state index contributed by atoms with van der Waals surface area (Å²) in [7, 11) is 0. The van der Waals surface area contributed by atoms with E-state index in [1.54, 1.807) is 0 Å². The lowest BCUT2D eigenvalue weighted by atomic mass is 9.68. The number of halogens is 1. The van der Waals surface area contributed by atoms with Crippen LogP contribution in [0, 0.1) is 5.41 Å². The molecule has 5 heteroatoms. The monoisotopic (exact) mass is 393 g/mol. The zero-order valence-corrected chi connectivity index (χ0v) is 14.9. The third-order valence-corrected chi connectivity index (χ3v) is 4.96. The molecule has 1 spiro atoms. The molecule has 0 aromatic heterocycles. The summed E-state index contributed by atoms with van der Waals surface area (Å²) in [6.07, 6.45) is 8.36. The van der Waals surface area contributed by atoms with Crippen molar-refractivity contribution in [2.45, 2.75) is 51.6 Å². The fourth-order valence-electron chi connectivity index (χ4n) is 3.60. The molecule has 2 aliphatic heterocycles. The summed E-state index contributed by atoms with van der Waals surface area (Å²) in [5.41, 5.74) is 0.639. The van der Waals surface area contributed by atoms with Gasteiger partial charge in [-0.1, -0.05) is 6.42 Å². The van der Waals surface area contributed by atoms with Crippen LogP contribution in [0.1, 0.15) is 45.4 Å². The molecule has 2 saturated heterocycles. The maximum atomic E-state index is 5.66. The van der Waals surface area contributed by atoms with Gasteiger partial charge < -0.3 is 15.0 Å². The number of nitrogens with zero attached hydrogens (tertiary/aromatic N) is 2. The predicted molar refractivity (Wildman–Crippen MR) is 92.8 cm³/mol. The van der Waals surface area contributed by atoms with Gasteiger partial charge in [-0.15, -0.1) is 24.0 Å². The van der Waals surface area contributed by atoms with Gasteiger partial charge in [-0.2, -0.15) is 0 Å². The standard InChI is InChI=1S/C15H27N3O.HI/c1-2-16-14(17-11-13-5-3-10-19-13)18-9-8-15(12-18)6-4-7-15;/h13H,2-12H2,1H3,(H,16,17);1H. The molecule has 0 aromatic rings. The minimum absolute atomic E-state index is 0. The Balaban J connectivity index is 0.00000147. The molecule has 116 valence electrons. The highest BCUT2D eigenvalue weighted by Gasteiger charge is 2.43. The van der Waals surface area contributed by atoms with E-state index in [9.17, 15) is 0 Å². The average molecular weight is 393 g/mol. The van der Waals surface area contributed by atoms with Crippen molar-refractivity contribution in [2.24, 2.45) is 10.4 Å². The first-order valence-electron chi connectivity index (χ1n) is 7.96. The second-order valence-corrected chi connectivity index (χ2v) is 6.35. The minimum atomic E-state index is 0. The van der Waals surface area contributed by atoms with Crippen LogP contribution < -0.4 is 5.32 Å². The molecule has 1 atom stereocenters. The number of hydrogen-bond acceptors (Lipinski definition) is 2. The van der Waals surface area contributed by atoms with E-state index < -0.39 is 0 Å². The highest BCUT2D eigenvalue weighted by molar-refractivity contribution is 14.0. The van der Waals surface area contributed by atoms with Gasteiger partial charge in [0, 0.05) is 26.2 Å². The number of nitrogens with one attached hydrogen (secondary N) is 1. The van der Waals surface area contributed by atoms with Gasteiger partial charge in [0.15, 0.2) is 5.96 Å². The highest BCUT2D eigenvalue weighted by atomic mass is 127. The van der Waals surface area contributed by atoms with Gasteiger partial charge in [-0.3, -0.25) is 4.99 Å². The largest absolute Gasteiger partial charge is 0.376 e. The van der Waals surface area contributed by atoms with Crippen LogP contribution in [-0.2, 0) is 4.74 Å². The predicted octanol–water partition coefficient (Wildman–Crippen LogP) is 2.62. The first-order valence-corrected chi connectivity index (χ1v) is 7.96. The highest BCUT2D eigenvalue weighted by Crippen LogP contribution is 2.47. The van der Waals surface area contributed by atoms with Gasteiger partial charge in [-0.25, -0.2) is 0 Å². The Labute approximate surface area is 139 Å². The molecular formula is C15H28IN3O. The molecule has 0 radical (unpaired) electrons. The van der Waals surface area contributed by atoms with E-state index in [-0.39, 0.29) is 24.0 Å². The van der Waals surface area contributed by atoms with Gasteiger partial charge in [0.25, 0.3) is 0 Å². The van der Waals surface area contributed by atoms with E-state index in [0.29, 0.717) is 11.5 Å². The van der Waals surface area contributed by atoms with Crippen LogP contribution in [0.5, 0.6) is 0 Å². The number of hydrogen-bond donors (Lipinski definition) is 1. The van der Waals surface area contributed by atoms with Crippen LogP contribution >= 0.6 is 24.0 Å².